The number of esters is 5. The highest BCUT2D eigenvalue weighted by Crippen LogP contribution is 2.71. The Bertz CT molecular complexity index is 5200. The van der Waals surface area contributed by atoms with Crippen molar-refractivity contribution in [2.24, 2.45) is 22.7 Å². The lowest BCUT2D eigenvalue weighted by atomic mass is 9.47. The first-order valence-electron chi connectivity index (χ1n) is 46.0. The summed E-state index contributed by atoms with van der Waals surface area (Å²) in [4.78, 5) is 103. The van der Waals surface area contributed by atoms with E-state index in [2.05, 4.69) is 79.8 Å². The SMILES string of the molecule is CCC.CCC(=O)O.CCC(=O)O[C@@H]1[C@]2(CC)C=CCN3CCC4(c5cc([C@@]6(C(=O)OC)CC7CN(CCc8c6[nH]c6ccccc86)C[C@](O)(CC)C7)c(OC)cc5N(C)C4[C@@]1(O)C(=O)OC)C32.CCO.CC[C@]1(O)CC2CN(CCc3c([nH]c4ccccc34)[C@@](C(=O)OC)(c3cc4c(cc3OC)N(C)C3C45CCN4CC=C[C@](CC)(C45)[C@@H](O)[C@]3(O)C(=O)OC)C2)C1. The maximum atomic E-state index is 15.4. The molecule has 18 rings (SSSR count). The zero-order chi connectivity index (χ0) is 91.8. The van der Waals surface area contributed by atoms with E-state index in [0.717, 1.165) is 79.9 Å². The number of benzene rings is 4. The van der Waals surface area contributed by atoms with Gasteiger partial charge in [-0.15, -0.1) is 0 Å². The Kier molecular flexibility index (Phi) is 26.5. The molecule has 9 N–H and O–H groups in total. The zero-order valence-electron chi connectivity index (χ0n) is 77.4. The van der Waals surface area contributed by atoms with Crippen LogP contribution in [0.5, 0.6) is 11.5 Å². The third-order valence-electron chi connectivity index (χ3n) is 31.5. The van der Waals surface area contributed by atoms with Crippen molar-refractivity contribution in [1.82, 2.24) is 29.6 Å². The number of carbonyl (C=O) groups is 6. The minimum atomic E-state index is -2.30. The predicted octanol–water partition coefficient (Wildman–Crippen LogP) is 9.70. The number of methoxy groups -OCH3 is 6. The van der Waals surface area contributed by atoms with E-state index in [1.807, 2.05) is 112 Å². The number of aliphatic hydroxyl groups is 6. The number of nitrogens with zero attached hydrogens (tertiary/aromatic N) is 6. The average Bonchev–Trinajstić information content (AvgIpc) is 1.50. The molecule has 20 atom stereocenters. The molecule has 10 aliphatic heterocycles. The largest absolute Gasteiger partial charge is 0.496 e. The first-order chi connectivity index (χ1) is 60.7. The molecule has 6 fully saturated rings. The van der Waals surface area contributed by atoms with Crippen molar-refractivity contribution >= 4 is 69.0 Å². The van der Waals surface area contributed by atoms with Crippen LogP contribution in [0.15, 0.2) is 97.1 Å². The molecule has 12 heterocycles. The van der Waals surface area contributed by atoms with Crippen molar-refractivity contribution in [3.8, 4) is 11.5 Å². The van der Waals surface area contributed by atoms with Gasteiger partial charge >= 0.3 is 35.8 Å². The van der Waals surface area contributed by atoms with Crippen LogP contribution >= 0.6 is 0 Å². The number of hydrogen-bond donors (Lipinski definition) is 9. The Morgan fingerprint density at radius 3 is 1.28 bits per heavy atom. The van der Waals surface area contributed by atoms with Crippen LogP contribution in [0.4, 0.5) is 11.4 Å². The van der Waals surface area contributed by atoms with Gasteiger partial charge in [-0.3, -0.25) is 38.8 Å². The predicted molar refractivity (Wildman–Crippen MR) is 483 cm³/mol. The number of fused-ring (bicyclic) bond motifs is 12. The van der Waals surface area contributed by atoms with Crippen molar-refractivity contribution < 1.29 is 97.7 Å². The van der Waals surface area contributed by atoms with Gasteiger partial charge in [0.1, 0.15) is 28.4 Å². The molecule has 12 aliphatic rings. The smallest absolute Gasteiger partial charge is 0.344 e. The van der Waals surface area contributed by atoms with Crippen molar-refractivity contribution in [3.05, 3.63) is 142 Å². The summed E-state index contributed by atoms with van der Waals surface area (Å²) in [7, 11) is 12.3. The molecule has 6 aromatic rings. The fourth-order valence-electron chi connectivity index (χ4n) is 26.7. The third kappa shape index (κ3) is 14.1. The van der Waals surface area contributed by atoms with Gasteiger partial charge in [0.15, 0.2) is 6.10 Å². The lowest BCUT2D eigenvalue weighted by molar-refractivity contribution is -0.229. The number of likely N-dealkylation sites (N-methyl/N-ethyl adjacent to an activating group) is 2. The number of carbonyl (C=O) groups excluding carboxylic acids is 5. The number of H-pyrrole nitrogens is 2. The molecule has 2 aromatic heterocycles. The monoisotopic (exact) mass is 1760 g/mol. The molecule has 2 aliphatic carbocycles. The molecule has 4 bridgehead atoms. The zero-order valence-corrected chi connectivity index (χ0v) is 77.4. The summed E-state index contributed by atoms with van der Waals surface area (Å²) in [5.74, 6) is -3.12. The van der Waals surface area contributed by atoms with Crippen molar-refractivity contribution in [2.45, 2.75) is 239 Å². The topological polar surface area (TPSA) is 360 Å². The molecule has 4 aromatic carbocycles. The first kappa shape index (κ1) is 94.2. The fraction of sp³-hybridized carbons (Fsp3) is 0.616. The van der Waals surface area contributed by atoms with Gasteiger partial charge in [0, 0.05) is 187 Å². The van der Waals surface area contributed by atoms with Gasteiger partial charge in [-0.2, -0.15) is 0 Å². The maximum Gasteiger partial charge on any atom is 0.344 e. The number of aromatic nitrogens is 2. The number of anilines is 2. The van der Waals surface area contributed by atoms with Gasteiger partial charge in [0.05, 0.1) is 65.9 Å². The maximum absolute atomic E-state index is 15.4. The van der Waals surface area contributed by atoms with Crippen LogP contribution in [0.3, 0.4) is 0 Å². The second kappa shape index (κ2) is 35.7. The van der Waals surface area contributed by atoms with E-state index in [4.69, 9.17) is 43.4 Å². The second-order valence-corrected chi connectivity index (χ2v) is 37.8. The highest BCUT2D eigenvalue weighted by atomic mass is 16.6. The summed E-state index contributed by atoms with van der Waals surface area (Å²) in [5, 5.41) is 80.0. The molecule has 28 nitrogen and oxygen atoms in total. The number of ether oxygens (including phenoxy) is 7. The normalized spacial score (nSPS) is 34.8. The second-order valence-electron chi connectivity index (χ2n) is 37.8. The molecule has 2 spiro atoms. The minimum absolute atomic E-state index is 0.0673. The Morgan fingerprint density at radius 1 is 0.496 bits per heavy atom. The lowest BCUT2D eigenvalue weighted by Gasteiger charge is -2.63. The molecule has 2 saturated carbocycles. The summed E-state index contributed by atoms with van der Waals surface area (Å²) >= 11 is 0. The number of aliphatic hydroxyl groups excluding tert-OH is 2. The highest BCUT2D eigenvalue weighted by Gasteiger charge is 2.82. The van der Waals surface area contributed by atoms with Gasteiger partial charge < -0.3 is 88.7 Å². The molecular formula is C99H136N8O20. The summed E-state index contributed by atoms with van der Waals surface area (Å²) < 4.78 is 41.8. The fourth-order valence-corrected chi connectivity index (χ4v) is 26.7. The van der Waals surface area contributed by atoms with Crippen LogP contribution in [0, 0.1) is 22.7 Å². The number of nitrogens with one attached hydrogen (secondary N) is 2. The van der Waals surface area contributed by atoms with E-state index in [-0.39, 0.29) is 43.4 Å². The third-order valence-corrected chi connectivity index (χ3v) is 31.5. The van der Waals surface area contributed by atoms with Gasteiger partial charge in [0.25, 0.3) is 0 Å². The Hall–Kier alpha value is -8.94. The van der Waals surface area contributed by atoms with Crippen LogP contribution in [-0.2, 0) is 87.0 Å². The summed E-state index contributed by atoms with van der Waals surface area (Å²) in [6.45, 7) is 24.2. The number of aromatic amines is 2. The number of aliphatic carboxylic acids is 1. The molecule has 692 valence electrons. The van der Waals surface area contributed by atoms with Gasteiger partial charge in [-0.25, -0.2) is 9.59 Å². The molecule has 10 unspecified atom stereocenters. The van der Waals surface area contributed by atoms with E-state index in [1.165, 1.54) is 34.9 Å². The van der Waals surface area contributed by atoms with E-state index in [1.54, 1.807) is 35.0 Å². The van der Waals surface area contributed by atoms with E-state index < -0.39 is 115 Å². The molecular weight excluding hydrogens is 1620 g/mol. The summed E-state index contributed by atoms with van der Waals surface area (Å²) in [6.07, 6.45) is 13.3. The summed E-state index contributed by atoms with van der Waals surface area (Å²) in [6, 6.07) is 22.0. The summed E-state index contributed by atoms with van der Waals surface area (Å²) in [5.41, 5.74) is -3.04. The van der Waals surface area contributed by atoms with Crippen molar-refractivity contribution in [3.63, 3.8) is 0 Å². The van der Waals surface area contributed by atoms with Crippen molar-refractivity contribution in [2.75, 3.05) is 139 Å². The quantitative estimate of drug-likeness (QED) is 0.0262. The number of rotatable bonds is 15. The number of piperidine rings is 2. The Balaban J connectivity index is 0.000000185. The highest BCUT2D eigenvalue weighted by molar-refractivity contribution is 5.97. The first-order valence-corrected chi connectivity index (χ1v) is 46.0. The van der Waals surface area contributed by atoms with E-state index in [0.29, 0.717) is 152 Å². The van der Waals surface area contributed by atoms with Crippen LogP contribution in [0.1, 0.15) is 191 Å². The molecule has 127 heavy (non-hydrogen) atoms. The van der Waals surface area contributed by atoms with Gasteiger partial charge in [0.2, 0.25) is 11.2 Å². The molecule has 4 saturated heterocycles. The minimum Gasteiger partial charge on any atom is -0.496 e. The molecule has 0 amide bonds. The van der Waals surface area contributed by atoms with Crippen molar-refractivity contribution in [1.29, 1.82) is 0 Å². The Morgan fingerprint density at radius 2 is 0.890 bits per heavy atom. The number of carboxylic acids is 1. The van der Waals surface area contributed by atoms with Crippen LogP contribution in [0.2, 0.25) is 0 Å². The van der Waals surface area contributed by atoms with E-state index in [9.17, 15) is 44.7 Å². The van der Waals surface area contributed by atoms with Crippen LogP contribution in [-0.4, -0.2) is 289 Å². The van der Waals surface area contributed by atoms with Gasteiger partial charge in [-0.1, -0.05) is 123 Å². The number of para-hydroxylation sites is 2. The van der Waals surface area contributed by atoms with Gasteiger partial charge in [-0.05, 0) is 155 Å². The lowest BCUT2D eigenvalue weighted by Crippen LogP contribution is -2.81. The molecule has 0 radical (unpaired) electrons. The van der Waals surface area contributed by atoms with Crippen LogP contribution < -0.4 is 19.3 Å². The Labute approximate surface area is 746 Å². The molecule has 28 heteroatoms. The average molecular weight is 1760 g/mol. The number of hydrogen-bond acceptors (Lipinski definition) is 25. The van der Waals surface area contributed by atoms with E-state index >= 15 is 9.59 Å². The number of carboxylic acid groups (broad SMARTS) is 1. The van der Waals surface area contributed by atoms with Crippen LogP contribution in [0.25, 0.3) is 21.8 Å². The standard InChI is InChI=1S/C47H60N4O9.C44H56N4O8.C3H6O2.C3H8.C2H6O/c1-8-36(52)60-40-44(10-3)17-13-19-51-21-18-45(38(44)51)31-22-32(35(57-5)23-34(31)49(4)39(45)47(40,56)42(54)59-7)46(41(53)58-6)25-28-24-43(55,9-2)27-50(26-28)20-16-30-29-14-11-12-15-33(29)48-37(30)46;1-7-40(52)22-26-23-43(38(50)55-5,34-28(14-18-47(24-26)25-40)27-12-9-10-13-31(27)45-34)30-20-29-32(21-33(30)54-4)46(3)36-42(29)16-19-48-17-11-15-41(8-2,35(42)48)37(49)44(36,53)39(51)56-6;1-2-3(4)5;1-3-2;1-2-3/h11-15,17,22-23,28,38-40,48,55-56H,8-10,16,18-21,24-27H2,1-7H3;9-13,15,20-21,26,35-37,45,49,52-53H,7-8,14,16-19,22-25H2,1-6H3;2H2,1H3,(H,4,5);3H2,1-2H3;3H,2H2,1H3/t28?,38?,39?,40-,43+,44-,45?,46+,47+;26?,35?,36?,37-,40+,41-,42?,43+,44+;;;/m11.../s1.